The zero-order valence-electron chi connectivity index (χ0n) is 18.3. The number of hydrogen-bond donors (Lipinski definition) is 0. The Morgan fingerprint density at radius 3 is 2.66 bits per heavy atom. The molecule has 3 aromatic rings. The third kappa shape index (κ3) is 4.69. The number of carbonyl (C=O) groups excluding carboxylic acids is 1. The maximum Gasteiger partial charge on any atom is 0.311 e. The highest BCUT2D eigenvalue weighted by molar-refractivity contribution is 7.89. The van der Waals surface area contributed by atoms with Gasteiger partial charge in [-0.05, 0) is 49.7 Å². The van der Waals surface area contributed by atoms with Crippen molar-refractivity contribution in [2.24, 2.45) is 0 Å². The summed E-state index contributed by atoms with van der Waals surface area (Å²) in [5.41, 5.74) is 2.46. The number of morpholine rings is 1. The van der Waals surface area contributed by atoms with E-state index in [-0.39, 0.29) is 17.3 Å². The highest BCUT2D eigenvalue weighted by Gasteiger charge is 2.27. The summed E-state index contributed by atoms with van der Waals surface area (Å²) in [7, 11) is -3.60. The third-order valence-corrected chi connectivity index (χ3v) is 7.39. The van der Waals surface area contributed by atoms with Crippen LogP contribution >= 0.6 is 0 Å². The van der Waals surface area contributed by atoms with Crippen molar-refractivity contribution in [1.82, 2.24) is 13.9 Å². The van der Waals surface area contributed by atoms with Gasteiger partial charge in [-0.3, -0.25) is 4.79 Å². The lowest BCUT2D eigenvalue weighted by atomic mass is 10.2. The summed E-state index contributed by atoms with van der Waals surface area (Å²) < 4.78 is 40.1. The molecule has 0 unspecified atom stereocenters. The fourth-order valence-corrected chi connectivity index (χ4v) is 5.30. The van der Waals surface area contributed by atoms with Crippen LogP contribution in [0.1, 0.15) is 24.7 Å². The number of carbonyl (C=O) groups is 1. The van der Waals surface area contributed by atoms with Gasteiger partial charge in [0.05, 0.1) is 35.6 Å². The van der Waals surface area contributed by atoms with Gasteiger partial charge in [0, 0.05) is 26.1 Å². The fourth-order valence-electron chi connectivity index (χ4n) is 3.87. The molecule has 0 radical (unpaired) electrons. The molecule has 0 atom stereocenters. The summed E-state index contributed by atoms with van der Waals surface area (Å²) in [6, 6.07) is 12.4. The largest absolute Gasteiger partial charge is 0.427 e. The summed E-state index contributed by atoms with van der Waals surface area (Å²) in [5, 5.41) is 0. The standard InChI is InChI=1S/C23H27N3O5S/c1-3-26-21-8-7-19(32(28,29)25-11-13-30-14-12-25)16-20(21)24-22(26)9-10-23(27)31-18-6-4-5-17(2)15-18/h4-8,15-16H,3,9-14H2,1-2H3. The van der Waals surface area contributed by atoms with Crippen molar-refractivity contribution in [2.45, 2.75) is 38.1 Å². The van der Waals surface area contributed by atoms with Gasteiger partial charge in [-0.1, -0.05) is 12.1 Å². The Balaban J connectivity index is 1.52. The van der Waals surface area contributed by atoms with Crippen LogP contribution in [0.4, 0.5) is 0 Å². The van der Waals surface area contributed by atoms with E-state index in [1.807, 2.05) is 36.6 Å². The smallest absolute Gasteiger partial charge is 0.311 e. The monoisotopic (exact) mass is 457 g/mol. The van der Waals surface area contributed by atoms with Crippen LogP contribution in [0.5, 0.6) is 5.75 Å². The van der Waals surface area contributed by atoms with Crippen molar-refractivity contribution in [3.63, 3.8) is 0 Å². The van der Waals surface area contributed by atoms with Crippen molar-refractivity contribution in [3.8, 4) is 5.75 Å². The van der Waals surface area contributed by atoms with Crippen LogP contribution in [0.3, 0.4) is 0 Å². The molecule has 2 heterocycles. The Morgan fingerprint density at radius 2 is 1.94 bits per heavy atom. The van der Waals surface area contributed by atoms with E-state index in [9.17, 15) is 13.2 Å². The van der Waals surface area contributed by atoms with Crippen LogP contribution in [0.2, 0.25) is 0 Å². The predicted molar refractivity (Wildman–Crippen MR) is 120 cm³/mol. The lowest BCUT2D eigenvalue weighted by Gasteiger charge is -2.26. The van der Waals surface area contributed by atoms with Gasteiger partial charge in [0.2, 0.25) is 10.0 Å². The number of rotatable bonds is 7. The minimum Gasteiger partial charge on any atom is -0.427 e. The first kappa shape index (κ1) is 22.4. The number of aromatic nitrogens is 2. The third-order valence-electron chi connectivity index (χ3n) is 5.50. The van der Waals surface area contributed by atoms with Crippen molar-refractivity contribution in [3.05, 3.63) is 53.9 Å². The molecule has 32 heavy (non-hydrogen) atoms. The molecule has 1 aliphatic rings. The van der Waals surface area contributed by atoms with E-state index >= 15 is 0 Å². The number of nitrogens with zero attached hydrogens (tertiary/aromatic N) is 3. The number of imidazole rings is 1. The van der Waals surface area contributed by atoms with Gasteiger partial charge in [-0.25, -0.2) is 13.4 Å². The number of fused-ring (bicyclic) bond motifs is 1. The summed E-state index contributed by atoms with van der Waals surface area (Å²) in [6.45, 7) is 6.08. The molecule has 1 fully saturated rings. The van der Waals surface area contributed by atoms with Gasteiger partial charge in [0.25, 0.3) is 0 Å². The molecule has 0 spiro atoms. The number of aryl methyl sites for hydroxylation is 3. The Bertz CT molecular complexity index is 1230. The highest BCUT2D eigenvalue weighted by Crippen LogP contribution is 2.24. The molecule has 2 aromatic carbocycles. The van der Waals surface area contributed by atoms with Crippen LogP contribution < -0.4 is 4.74 Å². The number of esters is 1. The molecule has 0 amide bonds. The molecule has 4 rings (SSSR count). The first-order valence-corrected chi connectivity index (χ1v) is 12.2. The Kier molecular flexibility index (Phi) is 6.59. The van der Waals surface area contributed by atoms with E-state index < -0.39 is 10.0 Å². The van der Waals surface area contributed by atoms with Crippen LogP contribution in [0.25, 0.3) is 11.0 Å². The molecule has 1 saturated heterocycles. The normalized spacial score (nSPS) is 15.2. The number of sulfonamides is 1. The summed E-state index contributed by atoms with van der Waals surface area (Å²) in [6.07, 6.45) is 0.578. The number of hydrogen-bond acceptors (Lipinski definition) is 6. The maximum atomic E-state index is 13.0. The first-order valence-electron chi connectivity index (χ1n) is 10.7. The molecule has 1 aromatic heterocycles. The molecule has 0 bridgehead atoms. The molecule has 8 nitrogen and oxygen atoms in total. The maximum absolute atomic E-state index is 13.0. The average molecular weight is 458 g/mol. The van der Waals surface area contributed by atoms with Gasteiger partial charge < -0.3 is 14.0 Å². The fraction of sp³-hybridized carbons (Fsp3) is 0.391. The van der Waals surface area contributed by atoms with E-state index in [0.29, 0.717) is 50.5 Å². The second-order valence-corrected chi connectivity index (χ2v) is 9.67. The van der Waals surface area contributed by atoms with Crippen LogP contribution in [-0.2, 0) is 32.5 Å². The molecule has 0 saturated carbocycles. The highest BCUT2D eigenvalue weighted by atomic mass is 32.2. The molecule has 170 valence electrons. The van der Waals surface area contributed by atoms with E-state index in [1.165, 1.54) is 4.31 Å². The Morgan fingerprint density at radius 1 is 1.16 bits per heavy atom. The number of ether oxygens (including phenoxy) is 2. The minimum absolute atomic E-state index is 0.177. The van der Waals surface area contributed by atoms with Crippen molar-refractivity contribution >= 4 is 27.0 Å². The van der Waals surface area contributed by atoms with Crippen molar-refractivity contribution < 1.29 is 22.7 Å². The minimum atomic E-state index is -3.60. The summed E-state index contributed by atoms with van der Waals surface area (Å²) in [4.78, 5) is 17.2. The van der Waals surface area contributed by atoms with Crippen molar-refractivity contribution in [2.75, 3.05) is 26.3 Å². The van der Waals surface area contributed by atoms with E-state index in [4.69, 9.17) is 9.47 Å². The van der Waals surface area contributed by atoms with Gasteiger partial charge >= 0.3 is 5.97 Å². The molecule has 0 N–H and O–H groups in total. The van der Waals surface area contributed by atoms with Gasteiger partial charge in [-0.2, -0.15) is 4.31 Å². The SMILES string of the molecule is CCn1c(CCC(=O)Oc2cccc(C)c2)nc2cc(S(=O)(=O)N3CCOCC3)ccc21. The van der Waals surface area contributed by atoms with E-state index in [0.717, 1.165) is 16.9 Å². The predicted octanol–water partition coefficient (Wildman–Crippen LogP) is 2.92. The summed E-state index contributed by atoms with van der Waals surface area (Å²) >= 11 is 0. The molecular weight excluding hydrogens is 430 g/mol. The first-order chi connectivity index (χ1) is 15.4. The van der Waals surface area contributed by atoms with Crippen molar-refractivity contribution in [1.29, 1.82) is 0 Å². The lowest BCUT2D eigenvalue weighted by molar-refractivity contribution is -0.134. The number of benzene rings is 2. The molecule has 9 heteroatoms. The van der Waals surface area contributed by atoms with Crippen LogP contribution in [0.15, 0.2) is 47.4 Å². The molecular formula is C23H27N3O5S. The average Bonchev–Trinajstić information content (AvgIpc) is 3.15. The van der Waals surface area contributed by atoms with Crippen LogP contribution in [-0.4, -0.2) is 54.5 Å². The van der Waals surface area contributed by atoms with Gasteiger partial charge in [-0.15, -0.1) is 0 Å². The second-order valence-electron chi connectivity index (χ2n) is 7.73. The zero-order valence-corrected chi connectivity index (χ0v) is 19.1. The molecule has 0 aliphatic carbocycles. The Hall–Kier alpha value is -2.75. The lowest BCUT2D eigenvalue weighted by Crippen LogP contribution is -2.40. The van der Waals surface area contributed by atoms with Gasteiger partial charge in [0.1, 0.15) is 11.6 Å². The quantitative estimate of drug-likeness (QED) is 0.400. The summed E-state index contributed by atoms with van der Waals surface area (Å²) in [5.74, 6) is 0.919. The van der Waals surface area contributed by atoms with E-state index in [2.05, 4.69) is 4.98 Å². The zero-order chi connectivity index (χ0) is 22.7. The Labute approximate surface area is 187 Å². The van der Waals surface area contributed by atoms with Crippen LogP contribution in [0, 0.1) is 6.92 Å². The molecule has 1 aliphatic heterocycles. The topological polar surface area (TPSA) is 90.7 Å². The van der Waals surface area contributed by atoms with Gasteiger partial charge in [0.15, 0.2) is 0 Å². The van der Waals surface area contributed by atoms with E-state index in [1.54, 1.807) is 24.3 Å². The second kappa shape index (κ2) is 9.40.